The van der Waals surface area contributed by atoms with Gasteiger partial charge in [-0.1, -0.05) is 19.1 Å². The maximum absolute atomic E-state index is 13.1. The highest BCUT2D eigenvalue weighted by Crippen LogP contribution is 2.45. The number of rotatable bonds is 4. The number of carbonyl (C=O) groups excluding carboxylic acids is 3. The summed E-state index contributed by atoms with van der Waals surface area (Å²) in [5.74, 6) is -2.29. The summed E-state index contributed by atoms with van der Waals surface area (Å²) in [6.07, 6.45) is -0.0243. The topological polar surface area (TPSA) is 84.9 Å². The van der Waals surface area contributed by atoms with Gasteiger partial charge in [0, 0.05) is 11.6 Å². The minimum atomic E-state index is -1.77. The Hall–Kier alpha value is -2.57. The van der Waals surface area contributed by atoms with E-state index >= 15 is 0 Å². The van der Waals surface area contributed by atoms with Gasteiger partial charge in [-0.3, -0.25) is 9.69 Å². The van der Waals surface area contributed by atoms with E-state index in [1.165, 1.54) is 4.90 Å². The molecule has 2 aliphatic rings. The molecule has 7 heteroatoms. The van der Waals surface area contributed by atoms with E-state index in [-0.39, 0.29) is 19.1 Å². The Kier molecular flexibility index (Phi) is 4.41. The molecule has 1 fully saturated rings. The monoisotopic (exact) mass is 346 g/mol. The van der Waals surface area contributed by atoms with Gasteiger partial charge in [0.1, 0.15) is 6.17 Å². The number of amides is 1. The summed E-state index contributed by atoms with van der Waals surface area (Å²) in [5.41, 5.74) is -0.649. The van der Waals surface area contributed by atoms with Gasteiger partial charge in [0.2, 0.25) is 5.54 Å². The summed E-state index contributed by atoms with van der Waals surface area (Å²) < 4.78 is 10.4. The first kappa shape index (κ1) is 17.3. The van der Waals surface area contributed by atoms with Gasteiger partial charge in [0.05, 0.1) is 18.8 Å². The highest BCUT2D eigenvalue weighted by atomic mass is 16.6. The zero-order valence-electron chi connectivity index (χ0n) is 14.6. The van der Waals surface area contributed by atoms with Crippen molar-refractivity contribution < 1.29 is 23.9 Å². The van der Waals surface area contributed by atoms with E-state index in [9.17, 15) is 14.4 Å². The zero-order chi connectivity index (χ0) is 18.2. The van der Waals surface area contributed by atoms with E-state index in [1.807, 2.05) is 12.1 Å². The predicted molar refractivity (Wildman–Crippen MR) is 89.8 cm³/mol. The van der Waals surface area contributed by atoms with Crippen LogP contribution >= 0.6 is 0 Å². The second kappa shape index (κ2) is 6.38. The number of esters is 2. The van der Waals surface area contributed by atoms with Crippen molar-refractivity contribution in [1.29, 1.82) is 0 Å². The Morgan fingerprint density at radius 2 is 1.80 bits per heavy atom. The summed E-state index contributed by atoms with van der Waals surface area (Å²) in [6.45, 7) is 5.33. The van der Waals surface area contributed by atoms with Crippen LogP contribution in [0.5, 0.6) is 0 Å². The third-order valence-corrected chi connectivity index (χ3v) is 4.85. The molecule has 0 spiro atoms. The average molecular weight is 346 g/mol. The van der Waals surface area contributed by atoms with Crippen LogP contribution in [-0.4, -0.2) is 47.7 Å². The first-order chi connectivity index (χ1) is 12.0. The number of hydrogen-bond acceptors (Lipinski definition) is 6. The fraction of sp³-hybridized carbons (Fsp3) is 0.500. The highest BCUT2D eigenvalue weighted by molar-refractivity contribution is 6.13. The Morgan fingerprint density at radius 1 is 1.20 bits per heavy atom. The molecule has 0 radical (unpaired) electrons. The number of fused-ring (bicyclic) bond motifs is 2. The molecule has 7 nitrogen and oxygen atoms in total. The maximum Gasteiger partial charge on any atom is 0.344 e. The molecular weight excluding hydrogens is 324 g/mol. The summed E-state index contributed by atoms with van der Waals surface area (Å²) in [4.78, 5) is 40.2. The number of benzene rings is 1. The van der Waals surface area contributed by atoms with Crippen molar-refractivity contribution in [3.63, 3.8) is 0 Å². The fourth-order valence-electron chi connectivity index (χ4n) is 3.79. The number of para-hydroxylation sites is 1. The van der Waals surface area contributed by atoms with Gasteiger partial charge in [-0.25, -0.2) is 9.59 Å². The third kappa shape index (κ3) is 2.37. The predicted octanol–water partition coefficient (Wildman–Crippen LogP) is 1.79. The third-order valence-electron chi connectivity index (χ3n) is 4.85. The molecule has 1 N–H and O–H groups in total. The molecule has 1 saturated heterocycles. The Balaban J connectivity index is 2.13. The Morgan fingerprint density at radius 3 is 2.40 bits per heavy atom. The molecule has 0 saturated carbocycles. The van der Waals surface area contributed by atoms with Crippen LogP contribution in [0.3, 0.4) is 0 Å². The fourth-order valence-corrected chi connectivity index (χ4v) is 3.79. The minimum Gasteiger partial charge on any atom is -0.464 e. The Bertz CT molecular complexity index is 699. The second-order valence-corrected chi connectivity index (χ2v) is 6.22. The van der Waals surface area contributed by atoms with Crippen LogP contribution in [0.2, 0.25) is 0 Å². The van der Waals surface area contributed by atoms with Crippen molar-refractivity contribution in [2.45, 2.75) is 38.9 Å². The van der Waals surface area contributed by atoms with Gasteiger partial charge < -0.3 is 14.8 Å². The lowest BCUT2D eigenvalue weighted by molar-refractivity contribution is -0.174. The van der Waals surface area contributed by atoms with Crippen LogP contribution in [0.15, 0.2) is 24.3 Å². The SMILES string of the molecule is CCOC(=O)C1(C(=O)OCC)C(C)CC2Nc3ccccc3C(=O)N21. The van der Waals surface area contributed by atoms with E-state index in [4.69, 9.17) is 9.47 Å². The summed E-state index contributed by atoms with van der Waals surface area (Å²) >= 11 is 0. The number of hydrogen-bond donors (Lipinski definition) is 1. The molecule has 0 aromatic heterocycles. The quantitative estimate of drug-likeness (QED) is 0.661. The van der Waals surface area contributed by atoms with Crippen LogP contribution in [0.1, 0.15) is 37.6 Å². The van der Waals surface area contributed by atoms with Crippen LogP contribution in [0, 0.1) is 5.92 Å². The zero-order valence-corrected chi connectivity index (χ0v) is 14.6. The van der Waals surface area contributed by atoms with Crippen LogP contribution in [0.4, 0.5) is 5.69 Å². The molecule has 1 aromatic carbocycles. The lowest BCUT2D eigenvalue weighted by Crippen LogP contribution is -2.65. The van der Waals surface area contributed by atoms with Gasteiger partial charge in [0.15, 0.2) is 0 Å². The molecular formula is C18H22N2O5. The normalized spacial score (nSPS) is 23.3. The lowest BCUT2D eigenvalue weighted by atomic mass is 9.85. The first-order valence-corrected chi connectivity index (χ1v) is 8.52. The molecule has 1 aromatic rings. The van der Waals surface area contributed by atoms with Crippen molar-refractivity contribution in [2.75, 3.05) is 18.5 Å². The smallest absolute Gasteiger partial charge is 0.344 e. The van der Waals surface area contributed by atoms with Gasteiger partial charge in [-0.15, -0.1) is 0 Å². The van der Waals surface area contributed by atoms with E-state index in [0.29, 0.717) is 17.7 Å². The van der Waals surface area contributed by atoms with E-state index in [2.05, 4.69) is 5.32 Å². The first-order valence-electron chi connectivity index (χ1n) is 8.52. The van der Waals surface area contributed by atoms with Crippen molar-refractivity contribution in [3.05, 3.63) is 29.8 Å². The number of nitrogens with zero attached hydrogens (tertiary/aromatic N) is 1. The van der Waals surface area contributed by atoms with Crippen LogP contribution in [-0.2, 0) is 19.1 Å². The molecule has 2 aliphatic heterocycles. The number of nitrogens with one attached hydrogen (secondary N) is 1. The van der Waals surface area contributed by atoms with Gasteiger partial charge >= 0.3 is 11.9 Å². The van der Waals surface area contributed by atoms with Crippen LogP contribution < -0.4 is 5.32 Å². The molecule has 2 atom stereocenters. The lowest BCUT2D eigenvalue weighted by Gasteiger charge is -2.41. The summed E-state index contributed by atoms with van der Waals surface area (Å²) in [5, 5.41) is 3.26. The molecule has 3 rings (SSSR count). The van der Waals surface area contributed by atoms with E-state index < -0.39 is 29.6 Å². The molecule has 1 amide bonds. The number of carbonyl (C=O) groups is 3. The van der Waals surface area contributed by atoms with Crippen LogP contribution in [0.25, 0.3) is 0 Å². The molecule has 134 valence electrons. The standard InChI is InChI=1S/C18H22N2O5/c1-4-24-16(22)18(17(23)25-5-2)11(3)10-14-19-13-9-7-6-8-12(13)15(21)20(14)18/h6-9,11,14,19H,4-5,10H2,1-3H3. The number of anilines is 1. The molecule has 25 heavy (non-hydrogen) atoms. The molecule has 0 bridgehead atoms. The van der Waals surface area contributed by atoms with E-state index in [0.717, 1.165) is 0 Å². The molecule has 2 unspecified atom stereocenters. The highest BCUT2D eigenvalue weighted by Gasteiger charge is 2.66. The minimum absolute atomic E-state index is 0.115. The van der Waals surface area contributed by atoms with Crippen molar-refractivity contribution in [3.8, 4) is 0 Å². The summed E-state index contributed by atoms with van der Waals surface area (Å²) in [7, 11) is 0. The second-order valence-electron chi connectivity index (χ2n) is 6.22. The summed E-state index contributed by atoms with van der Waals surface area (Å²) in [6, 6.07) is 7.06. The van der Waals surface area contributed by atoms with Crippen molar-refractivity contribution in [2.24, 2.45) is 5.92 Å². The van der Waals surface area contributed by atoms with E-state index in [1.54, 1.807) is 32.9 Å². The molecule has 0 aliphatic carbocycles. The molecule has 2 heterocycles. The maximum atomic E-state index is 13.1. The van der Waals surface area contributed by atoms with Gasteiger partial charge in [-0.05, 0) is 32.4 Å². The largest absolute Gasteiger partial charge is 0.464 e. The van der Waals surface area contributed by atoms with Crippen molar-refractivity contribution >= 4 is 23.5 Å². The van der Waals surface area contributed by atoms with Gasteiger partial charge in [-0.2, -0.15) is 0 Å². The number of ether oxygens (including phenoxy) is 2. The van der Waals surface area contributed by atoms with Crippen molar-refractivity contribution in [1.82, 2.24) is 4.90 Å². The Labute approximate surface area is 146 Å². The average Bonchev–Trinajstić information content (AvgIpc) is 2.88. The van der Waals surface area contributed by atoms with Gasteiger partial charge in [0.25, 0.3) is 5.91 Å².